The maximum absolute atomic E-state index is 6.21. The van der Waals surface area contributed by atoms with Crippen LogP contribution in [0.5, 0.6) is 5.75 Å². The first kappa shape index (κ1) is 23.4. The Balaban J connectivity index is 1.79. The Morgan fingerprint density at radius 2 is 1.90 bits per heavy atom. The topological polar surface area (TPSA) is 43.5 Å². The average Bonchev–Trinajstić information content (AvgIpc) is 3.19. The summed E-state index contributed by atoms with van der Waals surface area (Å²) in [6.45, 7) is 9.13. The normalized spacial score (nSPS) is 11.1. The number of methoxy groups -OCH3 is 1. The second kappa shape index (κ2) is 11.4. The Bertz CT molecular complexity index is 1000. The van der Waals surface area contributed by atoms with Gasteiger partial charge in [-0.15, -0.1) is 0 Å². The quantitative estimate of drug-likeness (QED) is 0.378. The molecule has 3 aromatic rings. The molecule has 0 aliphatic carbocycles. The first-order chi connectivity index (χ1) is 15.0. The third-order valence-corrected chi connectivity index (χ3v) is 6.12. The summed E-state index contributed by atoms with van der Waals surface area (Å²) in [5.74, 6) is 0.710. The second-order valence-electron chi connectivity index (χ2n) is 7.44. The number of nitrogens with one attached hydrogen (secondary N) is 2. The highest BCUT2D eigenvalue weighted by Crippen LogP contribution is 2.28. The zero-order valence-electron chi connectivity index (χ0n) is 18.5. The van der Waals surface area contributed by atoms with Crippen LogP contribution in [0.25, 0.3) is 10.9 Å². The summed E-state index contributed by atoms with van der Waals surface area (Å²) in [7, 11) is 1.64. The summed E-state index contributed by atoms with van der Waals surface area (Å²) < 4.78 is 5.48. The van der Waals surface area contributed by atoms with Crippen LogP contribution in [-0.4, -0.2) is 53.2 Å². The van der Waals surface area contributed by atoms with Crippen LogP contribution in [0.1, 0.15) is 25.8 Å². The standard InChI is InChI=1S/C24H31ClN4OS/c1-4-28(5-2)13-8-14-29(17-18-16-26-21-10-7-6-9-20(18)21)24(31)27-22-15-19(25)11-12-23(22)30-3/h6-7,9-12,15-16,26H,4-5,8,13-14,17H2,1-3H3,(H,27,31). The van der Waals surface area contributed by atoms with Crippen molar-refractivity contribution < 1.29 is 4.74 Å². The van der Waals surface area contributed by atoms with Gasteiger partial charge < -0.3 is 24.8 Å². The van der Waals surface area contributed by atoms with Crippen molar-refractivity contribution in [3.8, 4) is 5.75 Å². The zero-order chi connectivity index (χ0) is 22.2. The Morgan fingerprint density at radius 3 is 2.65 bits per heavy atom. The number of aromatic amines is 1. The van der Waals surface area contributed by atoms with Gasteiger partial charge in [-0.3, -0.25) is 0 Å². The zero-order valence-corrected chi connectivity index (χ0v) is 20.0. The number of para-hydroxylation sites is 1. The molecule has 7 heteroatoms. The number of halogens is 1. The molecule has 0 fully saturated rings. The molecule has 5 nitrogen and oxygen atoms in total. The van der Waals surface area contributed by atoms with E-state index in [0.29, 0.717) is 15.9 Å². The van der Waals surface area contributed by atoms with Crippen LogP contribution in [0, 0.1) is 0 Å². The Kier molecular flexibility index (Phi) is 8.58. The van der Waals surface area contributed by atoms with Gasteiger partial charge in [-0.1, -0.05) is 43.6 Å². The molecule has 0 aliphatic heterocycles. The molecule has 0 saturated carbocycles. The van der Waals surface area contributed by atoms with Gasteiger partial charge in [0.05, 0.1) is 12.8 Å². The minimum absolute atomic E-state index is 0.635. The number of anilines is 1. The Hall–Kier alpha value is -2.28. The lowest BCUT2D eigenvalue weighted by Gasteiger charge is -2.28. The molecule has 0 saturated heterocycles. The summed E-state index contributed by atoms with van der Waals surface area (Å²) in [5.41, 5.74) is 3.13. The van der Waals surface area contributed by atoms with E-state index in [-0.39, 0.29) is 0 Å². The summed E-state index contributed by atoms with van der Waals surface area (Å²) in [6, 6.07) is 13.8. The lowest BCUT2D eigenvalue weighted by molar-refractivity contribution is 0.281. The molecule has 0 spiro atoms. The molecular formula is C24H31ClN4OS. The Morgan fingerprint density at radius 1 is 1.13 bits per heavy atom. The predicted molar refractivity (Wildman–Crippen MR) is 135 cm³/mol. The van der Waals surface area contributed by atoms with Gasteiger partial charge in [0.1, 0.15) is 5.75 Å². The fourth-order valence-electron chi connectivity index (χ4n) is 3.72. The van der Waals surface area contributed by atoms with E-state index in [4.69, 9.17) is 28.6 Å². The monoisotopic (exact) mass is 458 g/mol. The fraction of sp³-hybridized carbons (Fsp3) is 0.375. The minimum atomic E-state index is 0.635. The summed E-state index contributed by atoms with van der Waals surface area (Å²) in [4.78, 5) is 8.01. The molecule has 0 bridgehead atoms. The van der Waals surface area contributed by atoms with E-state index in [2.05, 4.69) is 58.3 Å². The highest BCUT2D eigenvalue weighted by atomic mass is 35.5. The number of H-pyrrole nitrogens is 1. The molecule has 1 heterocycles. The lowest BCUT2D eigenvalue weighted by atomic mass is 10.1. The van der Waals surface area contributed by atoms with Crippen LogP contribution < -0.4 is 10.1 Å². The predicted octanol–water partition coefficient (Wildman–Crippen LogP) is 5.76. The van der Waals surface area contributed by atoms with Gasteiger partial charge >= 0.3 is 0 Å². The first-order valence-electron chi connectivity index (χ1n) is 10.7. The number of hydrogen-bond donors (Lipinski definition) is 2. The van der Waals surface area contributed by atoms with Crippen LogP contribution in [0.4, 0.5) is 5.69 Å². The summed E-state index contributed by atoms with van der Waals surface area (Å²) >= 11 is 12.0. The van der Waals surface area contributed by atoms with Crippen molar-refractivity contribution in [2.45, 2.75) is 26.8 Å². The molecule has 0 unspecified atom stereocenters. The van der Waals surface area contributed by atoms with Gasteiger partial charge in [-0.05, 0) is 68.1 Å². The smallest absolute Gasteiger partial charge is 0.173 e. The van der Waals surface area contributed by atoms with E-state index in [1.165, 1.54) is 10.9 Å². The van der Waals surface area contributed by atoms with Crippen LogP contribution in [0.15, 0.2) is 48.7 Å². The van der Waals surface area contributed by atoms with Gasteiger partial charge in [0.15, 0.2) is 5.11 Å². The number of rotatable bonds is 10. The third-order valence-electron chi connectivity index (χ3n) is 5.52. The average molecular weight is 459 g/mol. The van der Waals surface area contributed by atoms with Crippen LogP contribution in [0.3, 0.4) is 0 Å². The van der Waals surface area contributed by atoms with Gasteiger partial charge in [-0.25, -0.2) is 0 Å². The van der Waals surface area contributed by atoms with Gasteiger partial charge in [0.2, 0.25) is 0 Å². The van der Waals surface area contributed by atoms with Gasteiger partial charge in [0.25, 0.3) is 0 Å². The van der Waals surface area contributed by atoms with Crippen molar-refractivity contribution in [3.05, 3.63) is 59.2 Å². The van der Waals surface area contributed by atoms with Crippen molar-refractivity contribution in [2.75, 3.05) is 38.6 Å². The molecule has 2 aromatic carbocycles. The van der Waals surface area contributed by atoms with Crippen LogP contribution >= 0.6 is 23.8 Å². The Labute approximate surface area is 195 Å². The van der Waals surface area contributed by atoms with E-state index >= 15 is 0 Å². The van der Waals surface area contributed by atoms with Gasteiger partial charge in [0, 0.05) is 35.2 Å². The molecule has 166 valence electrons. The number of thiocarbonyl (C=S) groups is 1. The fourth-order valence-corrected chi connectivity index (χ4v) is 4.16. The molecule has 1 aromatic heterocycles. The first-order valence-corrected chi connectivity index (χ1v) is 11.5. The van der Waals surface area contributed by atoms with Crippen LogP contribution in [-0.2, 0) is 6.54 Å². The molecule has 0 radical (unpaired) electrons. The van der Waals surface area contributed by atoms with Crippen molar-refractivity contribution in [1.82, 2.24) is 14.8 Å². The number of ether oxygens (including phenoxy) is 1. The van der Waals surface area contributed by atoms with Crippen LogP contribution in [0.2, 0.25) is 5.02 Å². The summed E-state index contributed by atoms with van der Waals surface area (Å²) in [6.07, 6.45) is 3.10. The molecule has 2 N–H and O–H groups in total. The number of nitrogens with zero attached hydrogens (tertiary/aromatic N) is 2. The van der Waals surface area contributed by atoms with Crippen molar-refractivity contribution in [1.29, 1.82) is 0 Å². The van der Waals surface area contributed by atoms with Crippen molar-refractivity contribution in [3.63, 3.8) is 0 Å². The van der Waals surface area contributed by atoms with E-state index < -0.39 is 0 Å². The number of aromatic nitrogens is 1. The molecule has 3 rings (SSSR count). The van der Waals surface area contributed by atoms with E-state index in [0.717, 1.165) is 50.3 Å². The number of hydrogen-bond acceptors (Lipinski definition) is 3. The highest BCUT2D eigenvalue weighted by Gasteiger charge is 2.15. The van der Waals surface area contributed by atoms with Gasteiger partial charge in [-0.2, -0.15) is 0 Å². The highest BCUT2D eigenvalue weighted by molar-refractivity contribution is 7.80. The van der Waals surface area contributed by atoms with E-state index in [1.54, 1.807) is 7.11 Å². The number of benzene rings is 2. The van der Waals surface area contributed by atoms with E-state index in [1.807, 2.05) is 24.3 Å². The van der Waals surface area contributed by atoms with Crippen molar-refractivity contribution in [2.24, 2.45) is 0 Å². The SMILES string of the molecule is CCN(CC)CCCN(Cc1c[nH]c2ccccc12)C(=S)Nc1cc(Cl)ccc1OC. The maximum Gasteiger partial charge on any atom is 0.173 e. The van der Waals surface area contributed by atoms with Crippen molar-refractivity contribution >= 4 is 45.5 Å². The maximum atomic E-state index is 6.21. The molecule has 0 amide bonds. The molecular weight excluding hydrogens is 428 g/mol. The summed E-state index contributed by atoms with van der Waals surface area (Å²) in [5, 5.41) is 5.87. The third kappa shape index (κ3) is 6.12. The second-order valence-corrected chi connectivity index (χ2v) is 8.26. The molecule has 0 atom stereocenters. The largest absolute Gasteiger partial charge is 0.495 e. The number of fused-ring (bicyclic) bond motifs is 1. The minimum Gasteiger partial charge on any atom is -0.495 e. The molecule has 31 heavy (non-hydrogen) atoms. The molecule has 0 aliphatic rings. The lowest BCUT2D eigenvalue weighted by Crippen LogP contribution is -2.36. The van der Waals surface area contributed by atoms with E-state index in [9.17, 15) is 0 Å².